The fraction of sp³-hybridized carbons (Fsp3) is 0.864. The van der Waals surface area contributed by atoms with Gasteiger partial charge in [0.1, 0.15) is 0 Å². The quantitative estimate of drug-likeness (QED) is 0.352. The highest BCUT2D eigenvalue weighted by Crippen LogP contribution is 2.45. The third-order valence-electron chi connectivity index (χ3n) is 4.46. The molecule has 0 N–H and O–H groups in total. The molecule has 0 saturated carbocycles. The molecule has 0 saturated heterocycles. The van der Waals surface area contributed by atoms with Crippen molar-refractivity contribution in [2.24, 2.45) is 16.2 Å². The zero-order chi connectivity index (χ0) is 25.3. The molecule has 6 nitrogen and oxygen atoms in total. The van der Waals surface area contributed by atoms with Crippen molar-refractivity contribution in [2.45, 2.75) is 106 Å². The van der Waals surface area contributed by atoms with E-state index in [-0.39, 0.29) is 30.7 Å². The summed E-state index contributed by atoms with van der Waals surface area (Å²) in [6.07, 6.45) is 0.437. The predicted molar refractivity (Wildman–Crippen MR) is 133 cm³/mol. The lowest BCUT2D eigenvalue weighted by Crippen LogP contribution is -2.47. The molecule has 0 atom stereocenters. The predicted octanol–water partition coefficient (Wildman–Crippen LogP) is 5.96. The fourth-order valence-electron chi connectivity index (χ4n) is 3.54. The first kappa shape index (κ1) is 30.1. The average molecular weight is 491 g/mol. The van der Waals surface area contributed by atoms with E-state index in [0.717, 1.165) is 0 Å². The molecular formula is C22H46O6Si3. The van der Waals surface area contributed by atoms with Crippen LogP contribution in [0.25, 0.3) is 0 Å². The monoisotopic (exact) mass is 490 g/mol. The second kappa shape index (κ2) is 9.51. The van der Waals surface area contributed by atoms with E-state index in [1.165, 1.54) is 0 Å². The summed E-state index contributed by atoms with van der Waals surface area (Å²) >= 11 is 0. The first-order chi connectivity index (χ1) is 13.3. The lowest BCUT2D eigenvalue weighted by atomic mass is 9.66. The summed E-state index contributed by atoms with van der Waals surface area (Å²) in [6, 6.07) is 0. The number of hydrogen-bond donors (Lipinski definition) is 0. The first-order valence-corrected chi connectivity index (χ1v) is 21.2. The molecule has 0 spiro atoms. The van der Waals surface area contributed by atoms with Gasteiger partial charge in [0.2, 0.25) is 25.0 Å². The van der Waals surface area contributed by atoms with Gasteiger partial charge in [-0.15, -0.1) is 0 Å². The summed E-state index contributed by atoms with van der Waals surface area (Å²) in [5.41, 5.74) is -2.87. The second-order valence-electron chi connectivity index (χ2n) is 13.2. The van der Waals surface area contributed by atoms with Crippen LogP contribution in [0, 0.1) is 16.2 Å². The molecule has 0 heterocycles. The van der Waals surface area contributed by atoms with E-state index < -0.39 is 41.2 Å². The molecular weight excluding hydrogens is 444 g/mol. The van der Waals surface area contributed by atoms with E-state index in [4.69, 9.17) is 13.3 Å². The molecule has 0 fully saturated rings. The van der Waals surface area contributed by atoms with E-state index in [9.17, 15) is 14.4 Å². The van der Waals surface area contributed by atoms with Crippen molar-refractivity contribution in [3.63, 3.8) is 0 Å². The molecule has 31 heavy (non-hydrogen) atoms. The Morgan fingerprint density at radius 1 is 0.516 bits per heavy atom. The standard InChI is InChI=1S/C22H46O6Si3/c1-20(2,17(23)26-29(6,7)8)15-22(5,19(25)28-31(12,13)14)16-21(3,4)18(24)27-30(9,10)11/h15-16H2,1-14H3. The normalized spacial score (nSPS) is 14.1. The van der Waals surface area contributed by atoms with Crippen molar-refractivity contribution in [1.29, 1.82) is 0 Å². The van der Waals surface area contributed by atoms with Gasteiger partial charge in [-0.1, -0.05) is 0 Å². The third kappa shape index (κ3) is 11.0. The van der Waals surface area contributed by atoms with Gasteiger partial charge < -0.3 is 13.3 Å². The average Bonchev–Trinajstić information content (AvgIpc) is 2.40. The second-order valence-corrected chi connectivity index (χ2v) is 26.5. The molecule has 0 radical (unpaired) electrons. The van der Waals surface area contributed by atoms with Gasteiger partial charge in [0.25, 0.3) is 17.9 Å². The number of carbonyl (C=O) groups excluding carboxylic acids is 3. The summed E-state index contributed by atoms with van der Waals surface area (Å²) < 4.78 is 17.4. The van der Waals surface area contributed by atoms with Crippen molar-refractivity contribution in [3.8, 4) is 0 Å². The van der Waals surface area contributed by atoms with Crippen LogP contribution < -0.4 is 0 Å². The summed E-state index contributed by atoms with van der Waals surface area (Å²) in [7, 11) is -6.36. The van der Waals surface area contributed by atoms with Crippen molar-refractivity contribution in [1.82, 2.24) is 0 Å². The van der Waals surface area contributed by atoms with Crippen LogP contribution in [-0.4, -0.2) is 42.9 Å². The number of hydrogen-bond acceptors (Lipinski definition) is 6. The largest absolute Gasteiger partial charge is 0.519 e. The molecule has 0 aliphatic rings. The van der Waals surface area contributed by atoms with Crippen LogP contribution in [0.5, 0.6) is 0 Å². The van der Waals surface area contributed by atoms with Gasteiger partial charge in [-0.2, -0.15) is 0 Å². The van der Waals surface area contributed by atoms with Crippen LogP contribution in [-0.2, 0) is 27.7 Å². The first-order valence-electron chi connectivity index (χ1n) is 11.0. The zero-order valence-corrected chi connectivity index (χ0v) is 25.4. The maximum absolute atomic E-state index is 13.4. The molecule has 0 aliphatic heterocycles. The topological polar surface area (TPSA) is 78.9 Å². The highest BCUT2D eigenvalue weighted by atomic mass is 28.4. The summed E-state index contributed by atoms with van der Waals surface area (Å²) in [6.45, 7) is 26.5. The molecule has 0 bridgehead atoms. The fourth-order valence-corrected chi connectivity index (χ4v) is 6.00. The summed E-state index contributed by atoms with van der Waals surface area (Å²) in [4.78, 5) is 39.2. The zero-order valence-electron chi connectivity index (χ0n) is 22.4. The van der Waals surface area contributed by atoms with E-state index in [2.05, 4.69) is 0 Å². The van der Waals surface area contributed by atoms with Crippen molar-refractivity contribution in [3.05, 3.63) is 0 Å². The van der Waals surface area contributed by atoms with Crippen LogP contribution in [0.15, 0.2) is 0 Å². The molecule has 182 valence electrons. The van der Waals surface area contributed by atoms with E-state index >= 15 is 0 Å². The maximum atomic E-state index is 13.4. The van der Waals surface area contributed by atoms with Gasteiger partial charge in [0, 0.05) is 0 Å². The highest BCUT2D eigenvalue weighted by Gasteiger charge is 2.50. The van der Waals surface area contributed by atoms with E-state index in [1.54, 1.807) is 34.6 Å². The van der Waals surface area contributed by atoms with Crippen LogP contribution in [0.1, 0.15) is 47.5 Å². The number of rotatable bonds is 10. The third-order valence-corrected chi connectivity index (χ3v) is 6.85. The van der Waals surface area contributed by atoms with Crippen LogP contribution in [0.2, 0.25) is 58.9 Å². The summed E-state index contributed by atoms with van der Waals surface area (Å²) in [5.74, 6) is -1.00. The minimum absolute atomic E-state index is 0.219. The molecule has 0 aromatic carbocycles. The van der Waals surface area contributed by atoms with Crippen LogP contribution >= 0.6 is 0 Å². The minimum atomic E-state index is -2.18. The van der Waals surface area contributed by atoms with Gasteiger partial charge in [-0.25, -0.2) is 0 Å². The number of carbonyl (C=O) groups is 3. The Morgan fingerprint density at radius 3 is 0.968 bits per heavy atom. The Morgan fingerprint density at radius 2 is 0.742 bits per heavy atom. The van der Waals surface area contributed by atoms with Gasteiger partial charge in [0.05, 0.1) is 16.2 Å². The van der Waals surface area contributed by atoms with E-state index in [0.29, 0.717) is 0 Å². The summed E-state index contributed by atoms with van der Waals surface area (Å²) in [5, 5.41) is 0. The lowest BCUT2D eigenvalue weighted by Gasteiger charge is -2.41. The Labute approximate surface area is 193 Å². The van der Waals surface area contributed by atoms with Crippen molar-refractivity contribution < 1.29 is 27.7 Å². The van der Waals surface area contributed by atoms with Gasteiger partial charge in [-0.3, -0.25) is 14.4 Å². The van der Waals surface area contributed by atoms with Gasteiger partial charge in [0.15, 0.2) is 0 Å². The Hall–Kier alpha value is -0.939. The molecule has 9 heteroatoms. The molecule has 0 unspecified atom stereocenters. The molecule has 0 aliphatic carbocycles. The lowest BCUT2D eigenvalue weighted by molar-refractivity contribution is -0.158. The molecule has 0 rings (SSSR count). The van der Waals surface area contributed by atoms with Gasteiger partial charge in [-0.05, 0) is 106 Å². The van der Waals surface area contributed by atoms with Crippen LogP contribution in [0.4, 0.5) is 0 Å². The maximum Gasteiger partial charge on any atom is 0.298 e. The minimum Gasteiger partial charge on any atom is -0.519 e. The smallest absolute Gasteiger partial charge is 0.298 e. The molecule has 0 aromatic rings. The highest BCUT2D eigenvalue weighted by molar-refractivity contribution is 6.72. The Kier molecular flexibility index (Phi) is 9.22. The Balaban J connectivity index is 6.06. The van der Waals surface area contributed by atoms with Crippen molar-refractivity contribution in [2.75, 3.05) is 0 Å². The van der Waals surface area contributed by atoms with Gasteiger partial charge >= 0.3 is 0 Å². The molecule has 0 amide bonds. The molecule has 0 aromatic heterocycles. The SMILES string of the molecule is CC(C)(CC(C)(CC(C)(C)C(=O)O[Si](C)(C)C)C(=O)O[Si](C)(C)C)C(=O)O[Si](C)(C)C. The van der Waals surface area contributed by atoms with E-state index in [1.807, 2.05) is 58.9 Å². The van der Waals surface area contributed by atoms with Crippen LogP contribution in [0.3, 0.4) is 0 Å². The Bertz CT molecular complexity index is 637. The van der Waals surface area contributed by atoms with Crippen molar-refractivity contribution >= 4 is 42.9 Å².